The third-order valence-electron chi connectivity index (χ3n) is 3.42. The van der Waals surface area contributed by atoms with Crippen molar-refractivity contribution in [2.75, 3.05) is 32.7 Å². The zero-order valence-corrected chi connectivity index (χ0v) is 11.8. The molecule has 0 atom stereocenters. The number of amidine groups is 1. The monoisotopic (exact) mass is 280 g/mol. The Balaban J connectivity index is 1.94. The molecule has 1 aromatic heterocycles. The van der Waals surface area contributed by atoms with E-state index in [1.807, 2.05) is 11.8 Å². The quantitative estimate of drug-likeness (QED) is 0.328. The molecule has 1 aliphatic rings. The molecule has 1 saturated heterocycles. The standard InChI is InChI=1S/C12H20N6O2/c1-9-10(7-16(2)14-9)12(19)18-5-3-17(4-6-18)8-11(13)15-20/h7,20H,3-6,8H2,1-2H3,(H2,13,15). The Morgan fingerprint density at radius 3 is 2.60 bits per heavy atom. The number of carbonyl (C=O) groups excluding carboxylic acids is 1. The summed E-state index contributed by atoms with van der Waals surface area (Å²) in [5, 5.41) is 15.7. The van der Waals surface area contributed by atoms with Crippen molar-refractivity contribution in [2.24, 2.45) is 17.9 Å². The second kappa shape index (κ2) is 5.91. The van der Waals surface area contributed by atoms with Crippen LogP contribution < -0.4 is 5.73 Å². The summed E-state index contributed by atoms with van der Waals surface area (Å²) in [6.07, 6.45) is 1.75. The van der Waals surface area contributed by atoms with Crippen LogP contribution >= 0.6 is 0 Å². The zero-order chi connectivity index (χ0) is 14.7. The predicted molar refractivity (Wildman–Crippen MR) is 73.7 cm³/mol. The van der Waals surface area contributed by atoms with Gasteiger partial charge >= 0.3 is 0 Å². The van der Waals surface area contributed by atoms with E-state index in [1.165, 1.54) is 0 Å². The molecule has 0 spiro atoms. The van der Waals surface area contributed by atoms with Gasteiger partial charge in [0.15, 0.2) is 5.84 Å². The van der Waals surface area contributed by atoms with Crippen LogP contribution in [-0.2, 0) is 7.05 Å². The Morgan fingerprint density at radius 2 is 2.10 bits per heavy atom. The van der Waals surface area contributed by atoms with E-state index in [0.717, 1.165) is 5.69 Å². The first-order valence-electron chi connectivity index (χ1n) is 6.49. The van der Waals surface area contributed by atoms with Gasteiger partial charge in [0.25, 0.3) is 5.91 Å². The third kappa shape index (κ3) is 3.08. The molecule has 3 N–H and O–H groups in total. The predicted octanol–water partition coefficient (Wildman–Crippen LogP) is -0.767. The van der Waals surface area contributed by atoms with E-state index in [9.17, 15) is 4.79 Å². The number of hydrogen-bond donors (Lipinski definition) is 2. The minimum atomic E-state index is 0.0130. The van der Waals surface area contributed by atoms with Gasteiger partial charge in [-0.15, -0.1) is 0 Å². The smallest absolute Gasteiger partial charge is 0.257 e. The number of aryl methyl sites for hydroxylation is 2. The highest BCUT2D eigenvalue weighted by Crippen LogP contribution is 2.11. The van der Waals surface area contributed by atoms with E-state index in [-0.39, 0.29) is 11.7 Å². The number of amides is 1. The minimum Gasteiger partial charge on any atom is -0.409 e. The van der Waals surface area contributed by atoms with Crippen molar-refractivity contribution in [2.45, 2.75) is 6.92 Å². The first-order valence-corrected chi connectivity index (χ1v) is 6.49. The Bertz CT molecular complexity index is 516. The summed E-state index contributed by atoms with van der Waals surface area (Å²) < 4.78 is 1.65. The number of rotatable bonds is 3. The number of piperazine rings is 1. The lowest BCUT2D eigenvalue weighted by Gasteiger charge is -2.34. The average molecular weight is 280 g/mol. The van der Waals surface area contributed by atoms with Gasteiger partial charge < -0.3 is 15.8 Å². The summed E-state index contributed by atoms with van der Waals surface area (Å²) in [6, 6.07) is 0. The van der Waals surface area contributed by atoms with Crippen LogP contribution in [0, 0.1) is 6.92 Å². The van der Waals surface area contributed by atoms with Gasteiger partial charge in [0.1, 0.15) is 0 Å². The molecule has 1 fully saturated rings. The largest absolute Gasteiger partial charge is 0.409 e. The number of hydrogen-bond acceptors (Lipinski definition) is 5. The molecule has 1 amide bonds. The van der Waals surface area contributed by atoms with Crippen molar-refractivity contribution in [1.82, 2.24) is 19.6 Å². The van der Waals surface area contributed by atoms with Crippen molar-refractivity contribution in [3.8, 4) is 0 Å². The molecule has 110 valence electrons. The Labute approximate surface area is 117 Å². The van der Waals surface area contributed by atoms with Crippen LogP contribution in [0.1, 0.15) is 16.1 Å². The van der Waals surface area contributed by atoms with Gasteiger partial charge in [-0.05, 0) is 6.92 Å². The molecule has 0 aliphatic carbocycles. The molecule has 1 aromatic rings. The van der Waals surface area contributed by atoms with Gasteiger partial charge in [-0.25, -0.2) is 0 Å². The van der Waals surface area contributed by atoms with Gasteiger partial charge in [-0.1, -0.05) is 5.16 Å². The van der Waals surface area contributed by atoms with Gasteiger partial charge in [-0.3, -0.25) is 14.4 Å². The molecule has 8 heteroatoms. The Morgan fingerprint density at radius 1 is 1.45 bits per heavy atom. The van der Waals surface area contributed by atoms with Crippen LogP contribution in [0.2, 0.25) is 0 Å². The van der Waals surface area contributed by atoms with Gasteiger partial charge in [0, 0.05) is 39.4 Å². The number of nitrogens with two attached hydrogens (primary N) is 1. The normalized spacial score (nSPS) is 17.5. The van der Waals surface area contributed by atoms with E-state index < -0.39 is 0 Å². The maximum atomic E-state index is 12.4. The Kier molecular flexibility index (Phi) is 4.23. The van der Waals surface area contributed by atoms with E-state index in [0.29, 0.717) is 38.3 Å². The second-order valence-corrected chi connectivity index (χ2v) is 4.96. The number of aromatic nitrogens is 2. The summed E-state index contributed by atoms with van der Waals surface area (Å²) in [5.41, 5.74) is 6.88. The van der Waals surface area contributed by atoms with E-state index in [1.54, 1.807) is 17.9 Å². The lowest BCUT2D eigenvalue weighted by Crippen LogP contribution is -2.50. The molecule has 0 saturated carbocycles. The molecular formula is C12H20N6O2. The molecule has 0 unspecified atom stereocenters. The van der Waals surface area contributed by atoms with Crippen LogP contribution in [0.15, 0.2) is 11.4 Å². The van der Waals surface area contributed by atoms with Crippen molar-refractivity contribution in [3.05, 3.63) is 17.5 Å². The van der Waals surface area contributed by atoms with Crippen LogP contribution in [-0.4, -0.2) is 69.3 Å². The topological polar surface area (TPSA) is 100.0 Å². The van der Waals surface area contributed by atoms with Crippen LogP contribution in [0.4, 0.5) is 0 Å². The highest BCUT2D eigenvalue weighted by atomic mass is 16.4. The maximum absolute atomic E-state index is 12.4. The van der Waals surface area contributed by atoms with E-state index in [2.05, 4.69) is 15.2 Å². The first-order chi connectivity index (χ1) is 9.51. The summed E-state index contributed by atoms with van der Waals surface area (Å²) in [6.45, 7) is 4.94. The summed E-state index contributed by atoms with van der Waals surface area (Å²) in [7, 11) is 1.80. The van der Waals surface area contributed by atoms with Crippen LogP contribution in [0.3, 0.4) is 0 Å². The van der Waals surface area contributed by atoms with Crippen molar-refractivity contribution in [1.29, 1.82) is 0 Å². The van der Waals surface area contributed by atoms with Crippen molar-refractivity contribution in [3.63, 3.8) is 0 Å². The van der Waals surface area contributed by atoms with Gasteiger partial charge in [0.2, 0.25) is 0 Å². The molecule has 0 bridgehead atoms. The van der Waals surface area contributed by atoms with Gasteiger partial charge in [-0.2, -0.15) is 5.10 Å². The van der Waals surface area contributed by atoms with Crippen LogP contribution in [0.25, 0.3) is 0 Å². The highest BCUT2D eigenvalue weighted by molar-refractivity contribution is 5.95. The molecule has 1 aliphatic heterocycles. The highest BCUT2D eigenvalue weighted by Gasteiger charge is 2.24. The van der Waals surface area contributed by atoms with E-state index >= 15 is 0 Å². The molecule has 20 heavy (non-hydrogen) atoms. The summed E-state index contributed by atoms with van der Waals surface area (Å²) in [5.74, 6) is 0.201. The molecule has 0 radical (unpaired) electrons. The average Bonchev–Trinajstić information content (AvgIpc) is 2.77. The SMILES string of the molecule is Cc1nn(C)cc1C(=O)N1CCN(C/C(N)=N/O)CC1. The fraction of sp³-hybridized carbons (Fsp3) is 0.583. The number of nitrogens with zero attached hydrogens (tertiary/aromatic N) is 5. The molecule has 0 aromatic carbocycles. The van der Waals surface area contributed by atoms with Gasteiger partial charge in [0.05, 0.1) is 17.8 Å². The summed E-state index contributed by atoms with van der Waals surface area (Å²) >= 11 is 0. The fourth-order valence-corrected chi connectivity index (χ4v) is 2.35. The lowest BCUT2D eigenvalue weighted by atomic mass is 10.2. The Hall–Kier alpha value is -2.09. The van der Waals surface area contributed by atoms with Crippen molar-refractivity contribution < 1.29 is 10.0 Å². The lowest BCUT2D eigenvalue weighted by molar-refractivity contribution is 0.0652. The second-order valence-electron chi connectivity index (χ2n) is 4.96. The number of carbonyl (C=O) groups is 1. The van der Waals surface area contributed by atoms with Crippen molar-refractivity contribution >= 4 is 11.7 Å². The van der Waals surface area contributed by atoms with Crippen LogP contribution in [0.5, 0.6) is 0 Å². The van der Waals surface area contributed by atoms with E-state index in [4.69, 9.17) is 10.9 Å². The third-order valence-corrected chi connectivity index (χ3v) is 3.42. The first kappa shape index (κ1) is 14.3. The number of oxime groups is 1. The fourth-order valence-electron chi connectivity index (χ4n) is 2.35. The molecule has 2 heterocycles. The zero-order valence-electron chi connectivity index (χ0n) is 11.8. The maximum Gasteiger partial charge on any atom is 0.257 e. The molecule has 8 nitrogen and oxygen atoms in total. The minimum absolute atomic E-state index is 0.0130. The summed E-state index contributed by atoms with van der Waals surface area (Å²) in [4.78, 5) is 16.2. The molecular weight excluding hydrogens is 260 g/mol. The molecule has 2 rings (SSSR count).